The van der Waals surface area contributed by atoms with Gasteiger partial charge in [-0.15, -0.1) is 0 Å². The van der Waals surface area contributed by atoms with Gasteiger partial charge in [-0.05, 0) is 73.2 Å². The van der Waals surface area contributed by atoms with Crippen LogP contribution in [-0.4, -0.2) is 81.7 Å². The van der Waals surface area contributed by atoms with Gasteiger partial charge in [0, 0.05) is 44.2 Å². The first-order chi connectivity index (χ1) is 21.8. The lowest BCUT2D eigenvalue weighted by molar-refractivity contribution is -0.151. The molecule has 4 fully saturated rings. The quantitative estimate of drug-likeness (QED) is 0.277. The van der Waals surface area contributed by atoms with Crippen LogP contribution in [0.1, 0.15) is 51.0 Å². The standard InChI is InChI=1S/C34H36F3N5O3/c1-2-23-26(36)6-5-20-13-22(43)14-24(27(20)23)29-28(37)30-25(16-38-29)31(41-10-4-8-34(18-41)9-12-45-34)40-32(39-30)44-19-33-7-3-11-42(33)17-21(35)15-33/h5-6,13-14,16,21,43H,2-4,7-12,15,17-19H2,1H3/t21-,33+,34-/m1/s1. The van der Waals surface area contributed by atoms with E-state index < -0.39 is 23.3 Å². The number of aryl methyl sites for hydroxylation is 1. The number of ether oxygens (including phenoxy) is 2. The molecule has 2 aromatic carbocycles. The van der Waals surface area contributed by atoms with Gasteiger partial charge in [0.25, 0.3) is 0 Å². The predicted molar refractivity (Wildman–Crippen MR) is 165 cm³/mol. The van der Waals surface area contributed by atoms with Crippen LogP contribution in [-0.2, 0) is 11.2 Å². The highest BCUT2D eigenvalue weighted by molar-refractivity contribution is 6.01. The number of fused-ring (bicyclic) bond motifs is 3. The van der Waals surface area contributed by atoms with Crippen molar-refractivity contribution in [2.75, 3.05) is 44.3 Å². The summed E-state index contributed by atoms with van der Waals surface area (Å²) in [4.78, 5) is 18.2. The molecule has 3 atom stereocenters. The molecule has 0 saturated carbocycles. The van der Waals surface area contributed by atoms with E-state index in [1.54, 1.807) is 12.3 Å². The van der Waals surface area contributed by atoms with Crippen LogP contribution in [0.4, 0.5) is 19.0 Å². The average Bonchev–Trinajstić information content (AvgIpc) is 3.55. The number of alkyl halides is 1. The molecular weight excluding hydrogens is 583 g/mol. The molecule has 1 spiro atoms. The molecule has 0 amide bonds. The molecule has 4 aliphatic heterocycles. The summed E-state index contributed by atoms with van der Waals surface area (Å²) >= 11 is 0. The Labute approximate surface area is 259 Å². The fraction of sp³-hybridized carbons (Fsp3) is 0.500. The van der Waals surface area contributed by atoms with Crippen molar-refractivity contribution < 1.29 is 27.8 Å². The van der Waals surface area contributed by atoms with Gasteiger partial charge in [-0.3, -0.25) is 9.88 Å². The Balaban J connectivity index is 1.27. The minimum Gasteiger partial charge on any atom is -0.508 e. The average molecular weight is 620 g/mol. The van der Waals surface area contributed by atoms with E-state index in [0.29, 0.717) is 60.0 Å². The Morgan fingerprint density at radius 3 is 2.76 bits per heavy atom. The van der Waals surface area contributed by atoms with Crippen LogP contribution in [0.2, 0.25) is 0 Å². The van der Waals surface area contributed by atoms with E-state index in [9.17, 15) is 13.9 Å². The van der Waals surface area contributed by atoms with Crippen LogP contribution in [0, 0.1) is 11.6 Å². The third-order valence-corrected chi connectivity index (χ3v) is 10.4. The van der Waals surface area contributed by atoms with Crippen LogP contribution < -0.4 is 9.64 Å². The third kappa shape index (κ3) is 4.69. The molecular formula is C34H36F3N5O3. The summed E-state index contributed by atoms with van der Waals surface area (Å²) in [5, 5.41) is 12.1. The number of rotatable bonds is 6. The van der Waals surface area contributed by atoms with Gasteiger partial charge in [0.2, 0.25) is 0 Å². The van der Waals surface area contributed by atoms with Crippen molar-refractivity contribution in [3.63, 3.8) is 0 Å². The minimum absolute atomic E-state index is 0.0206. The summed E-state index contributed by atoms with van der Waals surface area (Å²) < 4.78 is 58.5. The first-order valence-corrected chi connectivity index (χ1v) is 16.0. The summed E-state index contributed by atoms with van der Waals surface area (Å²) in [6.45, 7) is 5.30. The van der Waals surface area contributed by atoms with Crippen LogP contribution in [0.3, 0.4) is 0 Å². The maximum atomic E-state index is 16.8. The number of halogens is 3. The molecule has 0 aliphatic carbocycles. The fourth-order valence-corrected chi connectivity index (χ4v) is 8.19. The molecule has 8 rings (SSSR count). The molecule has 236 valence electrons. The highest BCUT2D eigenvalue weighted by Crippen LogP contribution is 2.43. The molecule has 1 N–H and O–H groups in total. The summed E-state index contributed by atoms with van der Waals surface area (Å²) in [6.07, 6.45) is 6.01. The zero-order chi connectivity index (χ0) is 30.9. The number of phenolic OH excluding ortho intramolecular Hbond substituents is 1. The lowest BCUT2D eigenvalue weighted by Gasteiger charge is -2.48. The Morgan fingerprint density at radius 1 is 1.11 bits per heavy atom. The van der Waals surface area contributed by atoms with Crippen LogP contribution in [0.15, 0.2) is 30.5 Å². The number of aromatic nitrogens is 3. The summed E-state index contributed by atoms with van der Waals surface area (Å²) in [6, 6.07) is 5.90. The number of piperidine rings is 1. The molecule has 11 heteroatoms. The molecule has 2 aromatic heterocycles. The van der Waals surface area contributed by atoms with E-state index in [1.807, 2.05) is 6.92 Å². The van der Waals surface area contributed by atoms with E-state index in [-0.39, 0.29) is 40.7 Å². The van der Waals surface area contributed by atoms with Crippen molar-refractivity contribution in [3.8, 4) is 23.0 Å². The molecule has 45 heavy (non-hydrogen) atoms. The van der Waals surface area contributed by atoms with Gasteiger partial charge in [0.05, 0.1) is 23.1 Å². The Bertz CT molecular complexity index is 1820. The van der Waals surface area contributed by atoms with Crippen molar-refractivity contribution in [3.05, 3.63) is 47.7 Å². The lowest BCUT2D eigenvalue weighted by atomic mass is 9.86. The maximum Gasteiger partial charge on any atom is 0.319 e. The van der Waals surface area contributed by atoms with Gasteiger partial charge in [0.15, 0.2) is 5.82 Å². The van der Waals surface area contributed by atoms with E-state index in [1.165, 1.54) is 18.2 Å². The van der Waals surface area contributed by atoms with Crippen molar-refractivity contribution in [1.29, 1.82) is 0 Å². The highest BCUT2D eigenvalue weighted by Gasteiger charge is 2.49. The van der Waals surface area contributed by atoms with Crippen LogP contribution in [0.25, 0.3) is 32.9 Å². The Morgan fingerprint density at radius 2 is 1.96 bits per heavy atom. The number of pyridine rings is 1. The fourth-order valence-electron chi connectivity index (χ4n) is 8.19. The Hall–Kier alpha value is -3.70. The second-order valence-electron chi connectivity index (χ2n) is 13.2. The number of anilines is 1. The first kappa shape index (κ1) is 28.8. The number of hydrogen-bond donors (Lipinski definition) is 1. The highest BCUT2D eigenvalue weighted by atomic mass is 19.1. The summed E-state index contributed by atoms with van der Waals surface area (Å²) in [7, 11) is 0. The van der Waals surface area contributed by atoms with Crippen molar-refractivity contribution in [2.45, 2.75) is 69.2 Å². The van der Waals surface area contributed by atoms with Crippen molar-refractivity contribution >= 4 is 27.5 Å². The van der Waals surface area contributed by atoms with Gasteiger partial charge in [-0.25, -0.2) is 13.2 Å². The van der Waals surface area contributed by atoms with Crippen LogP contribution >= 0.6 is 0 Å². The molecule has 0 radical (unpaired) electrons. The number of nitrogens with zero attached hydrogens (tertiary/aromatic N) is 5. The zero-order valence-electron chi connectivity index (χ0n) is 25.3. The third-order valence-electron chi connectivity index (χ3n) is 10.4. The second kappa shape index (κ2) is 10.7. The SMILES string of the molecule is CCc1c(F)ccc2cc(O)cc(-c3ncc4c(N5CCC[C@@]6(CCO6)C5)nc(OC[C@@]56CCCN5C[C@H](F)C6)nc4c3F)c12. The summed E-state index contributed by atoms with van der Waals surface area (Å²) in [5.74, 6) is -0.684. The van der Waals surface area contributed by atoms with Crippen molar-refractivity contribution in [2.24, 2.45) is 0 Å². The number of aromatic hydroxyl groups is 1. The van der Waals surface area contributed by atoms with Gasteiger partial charge < -0.3 is 19.5 Å². The second-order valence-corrected chi connectivity index (χ2v) is 13.2. The van der Waals surface area contributed by atoms with E-state index in [0.717, 1.165) is 45.3 Å². The number of hydrogen-bond acceptors (Lipinski definition) is 8. The molecule has 6 heterocycles. The smallest absolute Gasteiger partial charge is 0.319 e. The van der Waals surface area contributed by atoms with E-state index >= 15 is 4.39 Å². The van der Waals surface area contributed by atoms with E-state index in [4.69, 9.17) is 14.5 Å². The normalized spacial score (nSPS) is 26.6. The Kier molecular flexibility index (Phi) is 6.83. The van der Waals surface area contributed by atoms with Crippen molar-refractivity contribution in [1.82, 2.24) is 19.9 Å². The number of phenols is 1. The zero-order valence-corrected chi connectivity index (χ0v) is 25.3. The monoisotopic (exact) mass is 619 g/mol. The molecule has 0 unspecified atom stereocenters. The van der Waals surface area contributed by atoms with Gasteiger partial charge >= 0.3 is 6.01 Å². The molecule has 0 bridgehead atoms. The van der Waals surface area contributed by atoms with Gasteiger partial charge in [0.1, 0.15) is 41.4 Å². The summed E-state index contributed by atoms with van der Waals surface area (Å²) in [5.41, 5.74) is 0.00835. The minimum atomic E-state index is -0.907. The number of benzene rings is 2. The first-order valence-electron chi connectivity index (χ1n) is 16.0. The molecule has 8 nitrogen and oxygen atoms in total. The topological polar surface area (TPSA) is 83.8 Å². The predicted octanol–water partition coefficient (Wildman–Crippen LogP) is 6.11. The van der Waals surface area contributed by atoms with Gasteiger partial charge in [-0.1, -0.05) is 13.0 Å². The van der Waals surface area contributed by atoms with Gasteiger partial charge in [-0.2, -0.15) is 9.97 Å². The van der Waals surface area contributed by atoms with Crippen LogP contribution in [0.5, 0.6) is 11.8 Å². The van der Waals surface area contributed by atoms with E-state index in [2.05, 4.69) is 19.8 Å². The largest absolute Gasteiger partial charge is 0.508 e. The molecule has 4 aromatic rings. The maximum absolute atomic E-state index is 16.8. The lowest BCUT2D eigenvalue weighted by Crippen LogP contribution is -2.56. The molecule has 4 saturated heterocycles. The molecule has 4 aliphatic rings.